The van der Waals surface area contributed by atoms with Crippen molar-refractivity contribution in [3.05, 3.63) is 36.4 Å². The van der Waals surface area contributed by atoms with Gasteiger partial charge in [-0.25, -0.2) is 0 Å². The third-order valence-electron chi connectivity index (χ3n) is 2.77. The van der Waals surface area contributed by atoms with Gasteiger partial charge in [0.1, 0.15) is 0 Å². The molecule has 0 aromatic heterocycles. The fourth-order valence-electron chi connectivity index (χ4n) is 1.51. The van der Waals surface area contributed by atoms with Crippen LogP contribution in [0.25, 0.3) is 0 Å². The van der Waals surface area contributed by atoms with Gasteiger partial charge < -0.3 is 28.8 Å². The van der Waals surface area contributed by atoms with E-state index >= 15 is 0 Å². The molecular weight excluding hydrogens is 404 g/mol. The Morgan fingerprint density at radius 2 is 1.19 bits per heavy atom. The number of phenolic OH excluding ortho intramolecular Hbond substituents is 4. The summed E-state index contributed by atoms with van der Waals surface area (Å²) in [5.41, 5.74) is 0. The van der Waals surface area contributed by atoms with Crippen molar-refractivity contribution in [2.75, 3.05) is 12.0 Å². The third-order valence-corrected chi connectivity index (χ3v) is 4.39. The number of benzene rings is 2. The Morgan fingerprint density at radius 1 is 0.778 bits per heavy atom. The molecule has 2 rings (SSSR count). The summed E-state index contributed by atoms with van der Waals surface area (Å²) in [7, 11) is -7.37. The van der Waals surface area contributed by atoms with Crippen LogP contribution in [0.5, 0.6) is 34.5 Å². The molecule has 0 spiro atoms. The predicted molar refractivity (Wildman–Crippen MR) is 95.1 cm³/mol. The Balaban J connectivity index is 0.000000271. The van der Waals surface area contributed by atoms with Crippen molar-refractivity contribution in [3.63, 3.8) is 0 Å². The van der Waals surface area contributed by atoms with Gasteiger partial charge in [-0.2, -0.15) is 16.8 Å². The summed E-state index contributed by atoms with van der Waals surface area (Å²) in [6.45, 7) is 1.41. The van der Waals surface area contributed by atoms with Crippen molar-refractivity contribution < 1.29 is 45.6 Å². The van der Waals surface area contributed by atoms with E-state index in [9.17, 15) is 21.9 Å². The molecule has 0 aliphatic carbocycles. The van der Waals surface area contributed by atoms with Gasteiger partial charge in [0.2, 0.25) is 11.5 Å². The number of para-hydroxylation sites is 2. The van der Waals surface area contributed by atoms with Gasteiger partial charge in [0.15, 0.2) is 23.0 Å². The largest absolute Gasteiger partial charge is 0.504 e. The zero-order valence-electron chi connectivity index (χ0n) is 14.2. The lowest BCUT2D eigenvalue weighted by molar-refractivity contribution is 0.383. The van der Waals surface area contributed by atoms with Crippen LogP contribution >= 0.6 is 0 Å². The van der Waals surface area contributed by atoms with Gasteiger partial charge in [0.05, 0.1) is 12.0 Å². The molecule has 0 bridgehead atoms. The van der Waals surface area contributed by atoms with Gasteiger partial charge >= 0.3 is 20.2 Å². The molecule has 27 heavy (non-hydrogen) atoms. The van der Waals surface area contributed by atoms with E-state index in [2.05, 4.69) is 8.37 Å². The van der Waals surface area contributed by atoms with Gasteiger partial charge in [0.25, 0.3) is 0 Å². The van der Waals surface area contributed by atoms with Crippen LogP contribution in [0.2, 0.25) is 0 Å². The Hall–Kier alpha value is -2.86. The van der Waals surface area contributed by atoms with Gasteiger partial charge in [-0.05, 0) is 31.2 Å². The molecule has 4 N–H and O–H groups in total. The summed E-state index contributed by atoms with van der Waals surface area (Å²) < 4.78 is 52.2. The molecule has 0 atom stereocenters. The highest BCUT2D eigenvalue weighted by atomic mass is 32.2. The van der Waals surface area contributed by atoms with Crippen LogP contribution in [0.4, 0.5) is 0 Å². The maximum Gasteiger partial charge on any atom is 0.309 e. The van der Waals surface area contributed by atoms with E-state index in [0.717, 1.165) is 6.26 Å². The van der Waals surface area contributed by atoms with E-state index in [-0.39, 0.29) is 17.3 Å². The van der Waals surface area contributed by atoms with E-state index in [1.54, 1.807) is 0 Å². The minimum Gasteiger partial charge on any atom is -0.504 e. The molecule has 0 radical (unpaired) electrons. The van der Waals surface area contributed by atoms with E-state index in [1.165, 1.54) is 43.3 Å². The van der Waals surface area contributed by atoms with Crippen molar-refractivity contribution in [1.29, 1.82) is 0 Å². The monoisotopic (exact) mass is 422 g/mol. The molecule has 0 fully saturated rings. The summed E-state index contributed by atoms with van der Waals surface area (Å²) in [5.74, 6) is -2.79. The lowest BCUT2D eigenvalue weighted by Gasteiger charge is -2.06. The Morgan fingerprint density at radius 3 is 1.56 bits per heavy atom. The lowest BCUT2D eigenvalue weighted by atomic mass is 10.3. The number of hydrogen-bond donors (Lipinski definition) is 4. The van der Waals surface area contributed by atoms with E-state index in [4.69, 9.17) is 15.3 Å². The number of rotatable bonds is 5. The molecule has 0 aliphatic heterocycles. The first-order valence-corrected chi connectivity index (χ1v) is 10.6. The first-order chi connectivity index (χ1) is 12.4. The zero-order valence-corrected chi connectivity index (χ0v) is 15.9. The number of aromatic hydroxyl groups is 4. The molecule has 150 valence electrons. The Bertz CT molecular complexity index is 997. The molecule has 0 aliphatic rings. The smallest absolute Gasteiger partial charge is 0.309 e. The molecule has 0 unspecified atom stereocenters. The molecule has 10 nitrogen and oxygen atoms in total. The first kappa shape index (κ1) is 22.2. The Labute approximate surface area is 156 Å². The second-order valence-corrected chi connectivity index (χ2v) is 8.40. The van der Waals surface area contributed by atoms with Gasteiger partial charge in [0, 0.05) is 0 Å². The molecule has 0 saturated carbocycles. The van der Waals surface area contributed by atoms with Crippen molar-refractivity contribution in [1.82, 2.24) is 0 Å². The Kier molecular flexibility index (Phi) is 7.13. The first-order valence-electron chi connectivity index (χ1n) is 7.19. The maximum absolute atomic E-state index is 11.0. The number of phenols is 4. The molecule has 0 heterocycles. The second kappa shape index (κ2) is 8.68. The molecule has 0 saturated heterocycles. The van der Waals surface area contributed by atoms with Gasteiger partial charge in [-0.3, -0.25) is 0 Å². The minimum absolute atomic E-state index is 0.206. The minimum atomic E-state index is -3.69. The van der Waals surface area contributed by atoms with Crippen molar-refractivity contribution in [2.24, 2.45) is 0 Å². The SMILES string of the molecule is CCS(=O)(=O)Oc1cccc(O)c1O.CS(=O)(=O)Oc1cccc(O)c1O. The van der Waals surface area contributed by atoms with Crippen LogP contribution in [-0.4, -0.2) is 49.3 Å². The van der Waals surface area contributed by atoms with Crippen molar-refractivity contribution >= 4 is 20.2 Å². The highest BCUT2D eigenvalue weighted by molar-refractivity contribution is 7.87. The van der Waals surface area contributed by atoms with Crippen molar-refractivity contribution in [2.45, 2.75) is 6.92 Å². The van der Waals surface area contributed by atoms with Crippen LogP contribution in [0, 0.1) is 0 Å². The van der Waals surface area contributed by atoms with E-state index in [0.29, 0.717) is 0 Å². The van der Waals surface area contributed by atoms with Gasteiger partial charge in [-0.15, -0.1) is 0 Å². The van der Waals surface area contributed by atoms with Gasteiger partial charge in [-0.1, -0.05) is 12.1 Å². The molecular formula is C15H18O10S2. The third kappa shape index (κ3) is 7.11. The van der Waals surface area contributed by atoms with Crippen LogP contribution in [-0.2, 0) is 20.2 Å². The number of hydrogen-bond acceptors (Lipinski definition) is 10. The summed E-state index contributed by atoms with van der Waals surface area (Å²) in [6.07, 6.45) is 0.844. The second-order valence-electron chi connectivity index (χ2n) is 4.96. The highest BCUT2D eigenvalue weighted by Gasteiger charge is 2.14. The standard InChI is InChI=1S/C8H10O5S.C7H8O5S/c1-2-14(11,12)13-7-5-3-4-6(9)8(7)10;1-13(10,11)12-6-4-2-3-5(8)7(6)9/h3-5,9-10H,2H2,1H3;2-4,8-9H,1H3. The fourth-order valence-corrected chi connectivity index (χ4v) is 2.50. The summed E-state index contributed by atoms with van der Waals surface area (Å²) >= 11 is 0. The average molecular weight is 422 g/mol. The summed E-state index contributed by atoms with van der Waals surface area (Å²) in [5, 5.41) is 36.4. The average Bonchev–Trinajstić information content (AvgIpc) is 2.55. The van der Waals surface area contributed by atoms with Crippen LogP contribution < -0.4 is 8.37 Å². The van der Waals surface area contributed by atoms with Crippen LogP contribution in [0.3, 0.4) is 0 Å². The lowest BCUT2D eigenvalue weighted by Crippen LogP contribution is -2.11. The maximum atomic E-state index is 11.0. The summed E-state index contributed by atoms with van der Waals surface area (Å²) in [6, 6.07) is 7.65. The van der Waals surface area contributed by atoms with Crippen molar-refractivity contribution in [3.8, 4) is 34.5 Å². The topological polar surface area (TPSA) is 168 Å². The molecule has 0 amide bonds. The summed E-state index contributed by atoms with van der Waals surface area (Å²) in [4.78, 5) is 0. The van der Waals surface area contributed by atoms with E-state index in [1.807, 2.05) is 0 Å². The normalized spacial score (nSPS) is 11.2. The van der Waals surface area contributed by atoms with Crippen LogP contribution in [0.1, 0.15) is 6.92 Å². The molecule has 2 aromatic rings. The fraction of sp³-hybridized carbons (Fsp3) is 0.200. The van der Waals surface area contributed by atoms with Crippen LogP contribution in [0.15, 0.2) is 36.4 Å². The zero-order chi connectivity index (χ0) is 20.8. The molecule has 12 heteroatoms. The molecule has 2 aromatic carbocycles. The predicted octanol–water partition coefficient (Wildman–Crippen LogP) is 1.26. The highest BCUT2D eigenvalue weighted by Crippen LogP contribution is 2.35. The van der Waals surface area contributed by atoms with E-state index < -0.39 is 43.2 Å². The quantitative estimate of drug-likeness (QED) is 0.407.